The lowest BCUT2D eigenvalue weighted by Crippen LogP contribution is -2.22. The van der Waals surface area contributed by atoms with Crippen LogP contribution in [0.15, 0.2) is 41.8 Å². The van der Waals surface area contributed by atoms with Gasteiger partial charge in [0.1, 0.15) is 11.5 Å². The Balaban J connectivity index is 1.49. The van der Waals surface area contributed by atoms with Crippen LogP contribution in [0.2, 0.25) is 0 Å². The summed E-state index contributed by atoms with van der Waals surface area (Å²) in [5.74, 6) is 1.33. The zero-order valence-electron chi connectivity index (χ0n) is 19.7. The summed E-state index contributed by atoms with van der Waals surface area (Å²) in [6, 6.07) is 11.9. The zero-order valence-corrected chi connectivity index (χ0v) is 20.5. The molecule has 4 aromatic rings. The molecule has 0 saturated carbocycles. The number of rotatable bonds is 6. The quantitative estimate of drug-likeness (QED) is 0.413. The van der Waals surface area contributed by atoms with Crippen molar-refractivity contribution in [2.24, 2.45) is 0 Å². The molecule has 0 radical (unpaired) electrons. The van der Waals surface area contributed by atoms with Crippen molar-refractivity contribution in [3.05, 3.63) is 58.5 Å². The van der Waals surface area contributed by atoms with Gasteiger partial charge in [-0.1, -0.05) is 44.5 Å². The molecule has 0 atom stereocenters. The Labute approximate surface area is 197 Å². The predicted octanol–water partition coefficient (Wildman–Crippen LogP) is 5.40. The molecule has 7 nitrogen and oxygen atoms in total. The molecule has 2 heterocycles. The first kappa shape index (κ1) is 22.8. The number of amides is 1. The Kier molecular flexibility index (Phi) is 6.12. The van der Waals surface area contributed by atoms with E-state index in [1.165, 1.54) is 22.5 Å². The van der Waals surface area contributed by atoms with E-state index in [9.17, 15) is 4.79 Å². The fourth-order valence-electron chi connectivity index (χ4n) is 3.67. The topological polar surface area (TPSA) is 77.8 Å². The first-order valence-electron chi connectivity index (χ1n) is 10.7. The van der Waals surface area contributed by atoms with Crippen molar-refractivity contribution < 1.29 is 14.3 Å². The van der Waals surface area contributed by atoms with Crippen molar-refractivity contribution >= 4 is 28.2 Å². The fraction of sp³-hybridized carbons (Fsp3) is 0.320. The highest BCUT2D eigenvalue weighted by atomic mass is 32.1. The summed E-state index contributed by atoms with van der Waals surface area (Å²) in [7, 11) is 1.63. The average Bonchev–Trinajstić information content (AvgIpc) is 3.32. The van der Waals surface area contributed by atoms with Gasteiger partial charge in [-0.15, -0.1) is 16.4 Å². The van der Waals surface area contributed by atoms with E-state index >= 15 is 0 Å². The third-order valence-corrected chi connectivity index (χ3v) is 6.16. The van der Waals surface area contributed by atoms with Gasteiger partial charge < -0.3 is 9.47 Å². The minimum absolute atomic E-state index is 0.147. The van der Waals surface area contributed by atoms with E-state index in [2.05, 4.69) is 68.2 Å². The number of hydrogen-bond donors (Lipinski definition) is 1. The number of methoxy groups -OCH3 is 1. The Morgan fingerprint density at radius 3 is 2.64 bits per heavy atom. The van der Waals surface area contributed by atoms with Gasteiger partial charge in [0.05, 0.1) is 12.8 Å². The molecule has 2 aromatic carbocycles. The van der Waals surface area contributed by atoms with E-state index < -0.39 is 0 Å². The first-order chi connectivity index (χ1) is 15.7. The van der Waals surface area contributed by atoms with E-state index in [1.807, 2.05) is 23.6 Å². The third kappa shape index (κ3) is 4.85. The number of anilines is 1. The molecule has 0 spiro atoms. The number of nitrogens with one attached hydrogen (secondary N) is 1. The van der Waals surface area contributed by atoms with Crippen LogP contribution in [-0.2, 0) is 10.2 Å². The highest BCUT2D eigenvalue weighted by Gasteiger charge is 2.21. The zero-order chi connectivity index (χ0) is 23.8. The molecule has 0 bridgehead atoms. The summed E-state index contributed by atoms with van der Waals surface area (Å²) in [5.41, 5.74) is 5.21. The Bertz CT molecular complexity index is 1320. The summed E-state index contributed by atoms with van der Waals surface area (Å²) < 4.78 is 12.9. The number of carbonyl (C=O) groups is 1. The minimum Gasteiger partial charge on any atom is -0.497 e. The van der Waals surface area contributed by atoms with Crippen LogP contribution in [0, 0.1) is 13.8 Å². The van der Waals surface area contributed by atoms with Crippen LogP contribution in [-0.4, -0.2) is 34.2 Å². The number of aryl methyl sites for hydroxylation is 2. The summed E-state index contributed by atoms with van der Waals surface area (Å²) in [6.45, 7) is 10.3. The number of thiazole rings is 1. The van der Waals surface area contributed by atoms with Crippen molar-refractivity contribution in [3.63, 3.8) is 0 Å². The van der Waals surface area contributed by atoms with Crippen LogP contribution in [0.3, 0.4) is 0 Å². The number of hydrogen-bond acceptors (Lipinski definition) is 6. The fourth-order valence-corrected chi connectivity index (χ4v) is 4.50. The lowest BCUT2D eigenvalue weighted by Gasteiger charge is -2.23. The first-order valence-corrected chi connectivity index (χ1v) is 11.6. The number of aromatic nitrogens is 3. The van der Waals surface area contributed by atoms with E-state index in [0.29, 0.717) is 10.7 Å². The van der Waals surface area contributed by atoms with Gasteiger partial charge in [-0.05, 0) is 43.0 Å². The number of carbonyl (C=O) groups excluding carboxylic acids is 1. The van der Waals surface area contributed by atoms with Gasteiger partial charge in [-0.2, -0.15) is 4.98 Å². The normalized spacial score (nSPS) is 11.6. The molecular weight excluding hydrogens is 436 g/mol. The van der Waals surface area contributed by atoms with E-state index in [1.54, 1.807) is 11.6 Å². The lowest BCUT2D eigenvalue weighted by molar-refractivity contribution is -0.118. The van der Waals surface area contributed by atoms with Crippen molar-refractivity contribution in [3.8, 4) is 22.8 Å². The number of fused-ring (bicyclic) bond motifs is 1. The molecule has 0 fully saturated rings. The summed E-state index contributed by atoms with van der Waals surface area (Å²) in [6.07, 6.45) is 0. The van der Waals surface area contributed by atoms with Gasteiger partial charge in [0.2, 0.25) is 4.96 Å². The monoisotopic (exact) mass is 464 g/mol. The van der Waals surface area contributed by atoms with Crippen molar-refractivity contribution in [1.82, 2.24) is 14.6 Å². The molecule has 1 amide bonds. The highest BCUT2D eigenvalue weighted by Crippen LogP contribution is 2.34. The molecule has 2 aromatic heterocycles. The standard InChI is InChI=1S/C25H28N4O3S/c1-15-7-9-18(16(2)11-15)20-14-33-24-27-23(28-29(20)24)26-22(30)13-32-21-10-8-17(31-6)12-19(21)25(3,4)5/h7-12,14H,13H2,1-6H3,(H,26,28,30). The predicted molar refractivity (Wildman–Crippen MR) is 132 cm³/mol. The Morgan fingerprint density at radius 2 is 1.94 bits per heavy atom. The number of benzene rings is 2. The number of nitrogens with zero attached hydrogens (tertiary/aromatic N) is 3. The molecule has 0 saturated heterocycles. The maximum absolute atomic E-state index is 12.6. The van der Waals surface area contributed by atoms with E-state index in [0.717, 1.165) is 22.6 Å². The summed E-state index contributed by atoms with van der Waals surface area (Å²) >= 11 is 1.48. The second-order valence-electron chi connectivity index (χ2n) is 9.02. The van der Waals surface area contributed by atoms with E-state index in [4.69, 9.17) is 9.47 Å². The molecule has 0 unspecified atom stereocenters. The molecule has 4 rings (SSSR count). The van der Waals surface area contributed by atoms with Crippen molar-refractivity contribution in [2.45, 2.75) is 40.0 Å². The molecule has 1 N–H and O–H groups in total. The SMILES string of the molecule is COc1ccc(OCC(=O)Nc2nc3scc(-c4ccc(C)cc4C)n3n2)c(C(C)(C)C)c1. The minimum atomic E-state index is -0.322. The van der Waals surface area contributed by atoms with Crippen LogP contribution in [0.5, 0.6) is 11.5 Å². The third-order valence-electron chi connectivity index (χ3n) is 5.34. The second kappa shape index (κ2) is 8.86. The van der Waals surface area contributed by atoms with E-state index in [-0.39, 0.29) is 23.9 Å². The van der Waals surface area contributed by atoms with Crippen LogP contribution in [0.4, 0.5) is 5.95 Å². The molecule has 33 heavy (non-hydrogen) atoms. The molecule has 0 aliphatic heterocycles. The van der Waals surface area contributed by atoms with Gasteiger partial charge in [0.25, 0.3) is 11.9 Å². The Hall–Kier alpha value is -3.39. The molecule has 0 aliphatic rings. The molecule has 172 valence electrons. The summed E-state index contributed by atoms with van der Waals surface area (Å²) in [5, 5.41) is 9.27. The maximum atomic E-state index is 12.6. The average molecular weight is 465 g/mol. The molecular formula is C25H28N4O3S. The van der Waals surface area contributed by atoms with Crippen molar-refractivity contribution in [1.29, 1.82) is 0 Å². The van der Waals surface area contributed by atoms with Gasteiger partial charge in [-0.3, -0.25) is 10.1 Å². The molecule has 8 heteroatoms. The smallest absolute Gasteiger partial charge is 0.264 e. The van der Waals surface area contributed by atoms with Gasteiger partial charge in [0.15, 0.2) is 6.61 Å². The number of ether oxygens (including phenoxy) is 2. The lowest BCUT2D eigenvalue weighted by atomic mass is 9.86. The molecule has 0 aliphatic carbocycles. The van der Waals surface area contributed by atoms with Crippen LogP contribution in [0.25, 0.3) is 16.2 Å². The van der Waals surface area contributed by atoms with Gasteiger partial charge >= 0.3 is 0 Å². The maximum Gasteiger partial charge on any atom is 0.264 e. The second-order valence-corrected chi connectivity index (χ2v) is 9.85. The van der Waals surface area contributed by atoms with Gasteiger partial charge in [-0.25, -0.2) is 4.52 Å². The Morgan fingerprint density at radius 1 is 1.15 bits per heavy atom. The summed E-state index contributed by atoms with van der Waals surface area (Å²) in [4.78, 5) is 17.7. The van der Waals surface area contributed by atoms with Crippen LogP contribution < -0.4 is 14.8 Å². The van der Waals surface area contributed by atoms with Crippen LogP contribution in [0.1, 0.15) is 37.5 Å². The van der Waals surface area contributed by atoms with Crippen LogP contribution >= 0.6 is 11.3 Å². The van der Waals surface area contributed by atoms with Crippen molar-refractivity contribution in [2.75, 3.05) is 19.0 Å². The van der Waals surface area contributed by atoms with Gasteiger partial charge in [0, 0.05) is 16.5 Å². The highest BCUT2D eigenvalue weighted by molar-refractivity contribution is 7.15. The largest absolute Gasteiger partial charge is 0.497 e.